The van der Waals surface area contributed by atoms with Crippen molar-refractivity contribution in [3.8, 4) is 0 Å². The quantitative estimate of drug-likeness (QED) is 0.848. The predicted molar refractivity (Wildman–Crippen MR) is 78.8 cm³/mol. The number of hydrogen-bond acceptors (Lipinski definition) is 2. The number of rotatable bonds is 6. The summed E-state index contributed by atoms with van der Waals surface area (Å²) in [5.74, 6) is -2.03. The number of carboxylic acids is 1. The second-order valence-corrected chi connectivity index (χ2v) is 5.10. The molecule has 1 aromatic carbocycles. The summed E-state index contributed by atoms with van der Waals surface area (Å²) < 4.78 is 12.9. The number of carbonyl (C=O) groups is 2. The number of aliphatic carboxylic acids is 1. The molecule has 0 heterocycles. The van der Waals surface area contributed by atoms with Crippen molar-refractivity contribution >= 4 is 17.7 Å². The number of nitrogens with zero attached hydrogens (tertiary/aromatic N) is 1. The van der Waals surface area contributed by atoms with Crippen LogP contribution in [0, 0.1) is 17.7 Å². The summed E-state index contributed by atoms with van der Waals surface area (Å²) >= 11 is 0. The number of anilines is 1. The van der Waals surface area contributed by atoms with E-state index >= 15 is 0 Å². The molecule has 0 fully saturated rings. The highest BCUT2D eigenvalue weighted by atomic mass is 19.1. The van der Waals surface area contributed by atoms with E-state index in [4.69, 9.17) is 5.11 Å². The number of amides is 2. The van der Waals surface area contributed by atoms with Gasteiger partial charge in [0.1, 0.15) is 5.82 Å². The Hall–Kier alpha value is -2.11. The minimum atomic E-state index is -0.935. The number of halogens is 1. The lowest BCUT2D eigenvalue weighted by molar-refractivity contribution is -0.142. The van der Waals surface area contributed by atoms with Crippen molar-refractivity contribution in [3.05, 3.63) is 30.1 Å². The van der Waals surface area contributed by atoms with Crippen molar-refractivity contribution in [1.82, 2.24) is 5.32 Å². The molecule has 2 amide bonds. The van der Waals surface area contributed by atoms with Crippen molar-refractivity contribution < 1.29 is 19.1 Å². The molecule has 0 spiro atoms. The van der Waals surface area contributed by atoms with E-state index in [-0.39, 0.29) is 18.3 Å². The van der Waals surface area contributed by atoms with Crippen LogP contribution in [0.4, 0.5) is 14.9 Å². The highest BCUT2D eigenvalue weighted by Crippen LogP contribution is 2.15. The molecular formula is C15H21FN2O3. The summed E-state index contributed by atoms with van der Waals surface area (Å²) in [6.45, 7) is 5.84. The topological polar surface area (TPSA) is 69.6 Å². The molecule has 0 aliphatic carbocycles. The van der Waals surface area contributed by atoms with E-state index < -0.39 is 17.9 Å². The highest BCUT2D eigenvalue weighted by molar-refractivity contribution is 5.92. The van der Waals surface area contributed by atoms with Crippen LogP contribution in [0.25, 0.3) is 0 Å². The number of hydrogen-bond donors (Lipinski definition) is 2. The fraction of sp³-hybridized carbons (Fsp3) is 0.467. The number of nitrogens with one attached hydrogen (secondary N) is 1. The van der Waals surface area contributed by atoms with Crippen LogP contribution >= 0.6 is 0 Å². The van der Waals surface area contributed by atoms with Crippen LogP contribution in [-0.4, -0.2) is 30.2 Å². The molecule has 0 radical (unpaired) electrons. The van der Waals surface area contributed by atoms with Gasteiger partial charge in [-0.25, -0.2) is 9.18 Å². The molecule has 1 unspecified atom stereocenters. The van der Waals surface area contributed by atoms with Gasteiger partial charge in [-0.15, -0.1) is 0 Å². The first-order valence-corrected chi connectivity index (χ1v) is 6.90. The molecule has 1 aromatic rings. The van der Waals surface area contributed by atoms with Crippen LogP contribution in [0.1, 0.15) is 20.8 Å². The van der Waals surface area contributed by atoms with Crippen LogP contribution < -0.4 is 10.2 Å². The summed E-state index contributed by atoms with van der Waals surface area (Å²) in [6.07, 6.45) is 0. The molecule has 0 aliphatic heterocycles. The molecule has 0 aromatic heterocycles. The monoisotopic (exact) mass is 296 g/mol. The van der Waals surface area contributed by atoms with E-state index in [0.717, 1.165) is 0 Å². The van der Waals surface area contributed by atoms with Crippen molar-refractivity contribution in [1.29, 1.82) is 0 Å². The average Bonchev–Trinajstić information content (AvgIpc) is 2.41. The zero-order valence-electron chi connectivity index (χ0n) is 12.5. The van der Waals surface area contributed by atoms with Crippen LogP contribution in [0.2, 0.25) is 0 Å². The Balaban J connectivity index is 2.71. The van der Waals surface area contributed by atoms with Crippen molar-refractivity contribution in [2.75, 3.05) is 18.0 Å². The minimum absolute atomic E-state index is 0.0591. The Bertz CT molecular complexity index is 488. The number of carbonyl (C=O) groups excluding carboxylic acids is 1. The summed E-state index contributed by atoms with van der Waals surface area (Å²) in [5.41, 5.74) is 0.563. The highest BCUT2D eigenvalue weighted by Gasteiger charge is 2.23. The zero-order valence-corrected chi connectivity index (χ0v) is 12.5. The average molecular weight is 296 g/mol. The molecule has 0 saturated carbocycles. The third kappa shape index (κ3) is 4.73. The molecule has 5 nitrogen and oxygen atoms in total. The molecule has 0 bridgehead atoms. The first-order valence-electron chi connectivity index (χ1n) is 6.90. The van der Waals surface area contributed by atoms with Crippen molar-refractivity contribution in [2.24, 2.45) is 11.8 Å². The molecule has 0 saturated heterocycles. The third-order valence-electron chi connectivity index (χ3n) is 3.29. The van der Waals surface area contributed by atoms with Gasteiger partial charge in [-0.05, 0) is 37.1 Å². The second kappa shape index (κ2) is 7.61. The van der Waals surface area contributed by atoms with E-state index in [1.807, 2.05) is 0 Å². The van der Waals surface area contributed by atoms with Crippen LogP contribution in [0.3, 0.4) is 0 Å². The van der Waals surface area contributed by atoms with Crippen molar-refractivity contribution in [2.45, 2.75) is 20.8 Å². The number of carboxylic acid groups (broad SMARTS) is 1. The van der Waals surface area contributed by atoms with Gasteiger partial charge in [0.05, 0.1) is 5.92 Å². The van der Waals surface area contributed by atoms with Gasteiger partial charge in [0.25, 0.3) is 0 Å². The van der Waals surface area contributed by atoms with E-state index in [2.05, 4.69) is 5.32 Å². The first kappa shape index (κ1) is 16.9. The Morgan fingerprint density at radius 1 is 1.29 bits per heavy atom. The maximum Gasteiger partial charge on any atom is 0.321 e. The van der Waals surface area contributed by atoms with Crippen molar-refractivity contribution in [3.63, 3.8) is 0 Å². The molecule has 1 rings (SSSR count). The molecule has 0 aliphatic rings. The molecule has 6 heteroatoms. The Morgan fingerprint density at radius 2 is 1.86 bits per heavy atom. The normalized spacial score (nSPS) is 12.0. The van der Waals surface area contributed by atoms with Gasteiger partial charge in [-0.2, -0.15) is 0 Å². The molecule has 116 valence electrons. The maximum atomic E-state index is 12.9. The largest absolute Gasteiger partial charge is 0.481 e. The molecule has 2 N–H and O–H groups in total. The summed E-state index contributed by atoms with van der Waals surface area (Å²) in [5, 5.41) is 11.7. The van der Waals surface area contributed by atoms with Crippen LogP contribution in [0.5, 0.6) is 0 Å². The van der Waals surface area contributed by atoms with Gasteiger partial charge in [0, 0.05) is 18.8 Å². The number of urea groups is 1. The van der Waals surface area contributed by atoms with E-state index in [1.54, 1.807) is 20.8 Å². The Morgan fingerprint density at radius 3 is 2.29 bits per heavy atom. The Kier molecular flexibility index (Phi) is 6.14. The molecule has 21 heavy (non-hydrogen) atoms. The minimum Gasteiger partial charge on any atom is -0.481 e. The number of benzene rings is 1. The SMILES string of the molecule is CCN(C(=O)NCC(C(=O)O)C(C)C)c1ccc(F)cc1. The first-order chi connectivity index (χ1) is 9.86. The fourth-order valence-electron chi connectivity index (χ4n) is 1.97. The lowest BCUT2D eigenvalue weighted by Gasteiger charge is -2.23. The van der Waals surface area contributed by atoms with Crippen LogP contribution in [0.15, 0.2) is 24.3 Å². The summed E-state index contributed by atoms with van der Waals surface area (Å²) in [6, 6.07) is 5.18. The van der Waals surface area contributed by atoms with Gasteiger partial charge in [0.15, 0.2) is 0 Å². The molecular weight excluding hydrogens is 275 g/mol. The Labute approximate surface area is 123 Å². The second-order valence-electron chi connectivity index (χ2n) is 5.10. The standard InChI is InChI=1S/C15H21FN2O3/c1-4-18(12-7-5-11(16)6-8-12)15(21)17-9-13(10(2)3)14(19)20/h5-8,10,13H,4,9H2,1-3H3,(H,17,21)(H,19,20). The van der Waals surface area contributed by atoms with Gasteiger partial charge in [0.2, 0.25) is 0 Å². The third-order valence-corrected chi connectivity index (χ3v) is 3.29. The van der Waals surface area contributed by atoms with E-state index in [0.29, 0.717) is 12.2 Å². The predicted octanol–water partition coefficient (Wildman–Crippen LogP) is 2.72. The van der Waals surface area contributed by atoms with Gasteiger partial charge < -0.3 is 10.4 Å². The maximum absolute atomic E-state index is 12.9. The van der Waals surface area contributed by atoms with Crippen LogP contribution in [-0.2, 0) is 4.79 Å². The van der Waals surface area contributed by atoms with Gasteiger partial charge in [-0.3, -0.25) is 9.69 Å². The zero-order chi connectivity index (χ0) is 16.0. The lowest BCUT2D eigenvalue weighted by atomic mass is 9.96. The van der Waals surface area contributed by atoms with E-state index in [9.17, 15) is 14.0 Å². The smallest absolute Gasteiger partial charge is 0.321 e. The van der Waals surface area contributed by atoms with E-state index in [1.165, 1.54) is 29.2 Å². The van der Waals surface area contributed by atoms with Gasteiger partial charge >= 0.3 is 12.0 Å². The fourth-order valence-corrected chi connectivity index (χ4v) is 1.97. The van der Waals surface area contributed by atoms with Gasteiger partial charge in [-0.1, -0.05) is 13.8 Å². The summed E-state index contributed by atoms with van der Waals surface area (Å²) in [7, 11) is 0. The summed E-state index contributed by atoms with van der Waals surface area (Å²) in [4.78, 5) is 24.7. The molecule has 1 atom stereocenters. The lowest BCUT2D eigenvalue weighted by Crippen LogP contribution is -2.44.